The fourth-order valence-corrected chi connectivity index (χ4v) is 3.00. The highest BCUT2D eigenvalue weighted by atomic mass is 16.6. The van der Waals surface area contributed by atoms with Crippen LogP contribution in [0.3, 0.4) is 0 Å². The summed E-state index contributed by atoms with van der Waals surface area (Å²) in [5, 5.41) is 19.9. The highest BCUT2D eigenvalue weighted by Gasteiger charge is 2.13. The number of fused-ring (bicyclic) bond motifs is 1. The number of aromatic nitrogens is 4. The first kappa shape index (κ1) is 18.2. The molecule has 29 heavy (non-hydrogen) atoms. The molecule has 144 valence electrons. The minimum absolute atomic E-state index is 0.0292. The van der Waals surface area contributed by atoms with Crippen molar-refractivity contribution >= 4 is 22.9 Å². The van der Waals surface area contributed by atoms with E-state index in [1.165, 1.54) is 24.8 Å². The second-order valence-electron chi connectivity index (χ2n) is 6.27. The summed E-state index contributed by atoms with van der Waals surface area (Å²) < 4.78 is 2.66. The molecule has 2 heterocycles. The summed E-state index contributed by atoms with van der Waals surface area (Å²) in [5.41, 5.74) is 2.02. The topological polar surface area (TPSA) is 108 Å². The second kappa shape index (κ2) is 7.47. The molecule has 0 aliphatic carbocycles. The molecule has 0 atom stereocenters. The molecular weight excluding hydrogens is 372 g/mol. The van der Waals surface area contributed by atoms with E-state index in [4.69, 9.17) is 0 Å². The molecule has 0 saturated carbocycles. The van der Waals surface area contributed by atoms with E-state index in [1.54, 1.807) is 16.8 Å². The average molecular weight is 388 g/mol. The van der Waals surface area contributed by atoms with Crippen molar-refractivity contribution in [1.29, 1.82) is 0 Å². The Bertz CT molecular complexity index is 1290. The smallest absolute Gasteiger partial charge is 0.266 e. The van der Waals surface area contributed by atoms with E-state index in [0.29, 0.717) is 28.6 Å². The van der Waals surface area contributed by atoms with Gasteiger partial charge in [0.2, 0.25) is 0 Å². The quantitative estimate of drug-likeness (QED) is 0.297. The van der Waals surface area contributed by atoms with Gasteiger partial charge in [0, 0.05) is 17.2 Å². The number of hydrogen-bond acceptors (Lipinski definition) is 6. The molecular formula is C20H16N6O3. The molecule has 4 rings (SSSR count). The molecule has 0 aliphatic rings. The maximum absolute atomic E-state index is 12.7. The largest absolute Gasteiger partial charge is 0.285 e. The van der Waals surface area contributed by atoms with Gasteiger partial charge in [-0.05, 0) is 18.6 Å². The van der Waals surface area contributed by atoms with Crippen molar-refractivity contribution in [2.45, 2.75) is 13.3 Å². The molecule has 0 radical (unpaired) electrons. The van der Waals surface area contributed by atoms with Crippen LogP contribution in [-0.2, 0) is 6.42 Å². The van der Waals surface area contributed by atoms with Gasteiger partial charge in [0.05, 0.1) is 23.0 Å². The molecule has 2 aromatic heterocycles. The lowest BCUT2D eigenvalue weighted by molar-refractivity contribution is -0.385. The van der Waals surface area contributed by atoms with Crippen molar-refractivity contribution in [1.82, 2.24) is 19.4 Å². The number of aryl methyl sites for hydroxylation is 1. The maximum atomic E-state index is 12.7. The summed E-state index contributed by atoms with van der Waals surface area (Å²) in [5.74, 6) is 0. The van der Waals surface area contributed by atoms with Crippen LogP contribution in [0.2, 0.25) is 0 Å². The lowest BCUT2D eigenvalue weighted by Gasteiger charge is -2.03. The zero-order valence-corrected chi connectivity index (χ0v) is 15.5. The molecule has 0 amide bonds. The van der Waals surface area contributed by atoms with Crippen molar-refractivity contribution in [2.75, 3.05) is 0 Å². The predicted octanol–water partition coefficient (Wildman–Crippen LogP) is 2.94. The van der Waals surface area contributed by atoms with Gasteiger partial charge in [-0.15, -0.1) is 0 Å². The molecule has 0 bridgehead atoms. The van der Waals surface area contributed by atoms with E-state index < -0.39 is 4.92 Å². The van der Waals surface area contributed by atoms with Gasteiger partial charge in [0.25, 0.3) is 11.2 Å². The highest BCUT2D eigenvalue weighted by molar-refractivity contribution is 5.81. The molecule has 0 saturated heterocycles. The Balaban J connectivity index is 1.71. The minimum atomic E-state index is -0.423. The number of benzene rings is 2. The van der Waals surface area contributed by atoms with Crippen LogP contribution in [0.1, 0.15) is 18.1 Å². The van der Waals surface area contributed by atoms with Gasteiger partial charge in [0.1, 0.15) is 11.7 Å². The first-order valence-corrected chi connectivity index (χ1v) is 8.91. The fourth-order valence-electron chi connectivity index (χ4n) is 3.00. The van der Waals surface area contributed by atoms with Crippen molar-refractivity contribution in [3.63, 3.8) is 0 Å². The Labute approximate surface area is 164 Å². The summed E-state index contributed by atoms with van der Waals surface area (Å²) >= 11 is 0. The zero-order valence-electron chi connectivity index (χ0n) is 15.5. The molecule has 0 fully saturated rings. The first-order valence-electron chi connectivity index (χ1n) is 8.91. The van der Waals surface area contributed by atoms with E-state index in [1.807, 2.05) is 37.3 Å². The molecule has 0 aliphatic heterocycles. The van der Waals surface area contributed by atoms with Crippen molar-refractivity contribution in [2.24, 2.45) is 5.10 Å². The molecule has 0 unspecified atom stereocenters. The van der Waals surface area contributed by atoms with Crippen molar-refractivity contribution in [3.8, 4) is 5.69 Å². The lowest BCUT2D eigenvalue weighted by atomic mass is 10.1. The standard InChI is InChI=1S/C20H16N6O3/c1-2-15-9-8-14(10-18(15)26(28)29)11-22-24-13-21-19-17(20(24)27)12-23-25(19)16-6-4-3-5-7-16/h3-13H,2H2,1H3/b22-11-. The van der Waals surface area contributed by atoms with Crippen LogP contribution in [0.4, 0.5) is 5.69 Å². The number of hydrogen-bond donors (Lipinski definition) is 0. The van der Waals surface area contributed by atoms with E-state index in [0.717, 1.165) is 10.4 Å². The van der Waals surface area contributed by atoms with Gasteiger partial charge < -0.3 is 0 Å². The van der Waals surface area contributed by atoms with Crippen LogP contribution >= 0.6 is 0 Å². The van der Waals surface area contributed by atoms with Gasteiger partial charge in [-0.1, -0.05) is 37.3 Å². The van der Waals surface area contributed by atoms with Crippen LogP contribution in [0, 0.1) is 10.1 Å². The van der Waals surface area contributed by atoms with Gasteiger partial charge in [-0.25, -0.2) is 9.67 Å². The van der Waals surface area contributed by atoms with E-state index in [-0.39, 0.29) is 11.2 Å². The predicted molar refractivity (Wildman–Crippen MR) is 109 cm³/mol. The lowest BCUT2D eigenvalue weighted by Crippen LogP contribution is -2.17. The number of rotatable bonds is 5. The summed E-state index contributed by atoms with van der Waals surface area (Å²) in [4.78, 5) is 27.8. The van der Waals surface area contributed by atoms with Gasteiger partial charge in [-0.3, -0.25) is 14.9 Å². The van der Waals surface area contributed by atoms with Crippen LogP contribution in [0.5, 0.6) is 0 Å². The minimum Gasteiger partial charge on any atom is -0.266 e. The number of nitro groups is 1. The summed E-state index contributed by atoms with van der Waals surface area (Å²) in [6.45, 7) is 1.85. The van der Waals surface area contributed by atoms with Gasteiger partial charge in [0.15, 0.2) is 5.65 Å². The number of para-hydroxylation sites is 1. The summed E-state index contributed by atoms with van der Waals surface area (Å²) in [6, 6.07) is 14.2. The number of nitrogens with zero attached hydrogens (tertiary/aromatic N) is 6. The Morgan fingerprint density at radius 3 is 2.72 bits per heavy atom. The third-order valence-electron chi connectivity index (χ3n) is 4.49. The monoisotopic (exact) mass is 388 g/mol. The van der Waals surface area contributed by atoms with E-state index in [2.05, 4.69) is 15.2 Å². The van der Waals surface area contributed by atoms with Gasteiger partial charge >= 0.3 is 0 Å². The summed E-state index contributed by atoms with van der Waals surface area (Å²) in [7, 11) is 0. The Morgan fingerprint density at radius 2 is 2.00 bits per heavy atom. The molecule has 0 N–H and O–H groups in total. The maximum Gasteiger partial charge on any atom is 0.285 e. The molecule has 9 nitrogen and oxygen atoms in total. The van der Waals surface area contributed by atoms with Crippen LogP contribution in [0.25, 0.3) is 16.7 Å². The van der Waals surface area contributed by atoms with Crippen molar-refractivity contribution in [3.05, 3.63) is 92.7 Å². The van der Waals surface area contributed by atoms with E-state index >= 15 is 0 Å². The molecule has 9 heteroatoms. The van der Waals surface area contributed by atoms with Crippen LogP contribution in [-0.4, -0.2) is 30.6 Å². The Kier molecular flexibility index (Phi) is 4.70. The SMILES string of the molecule is CCc1ccc(/C=N\n2cnc3c(cnn3-c3ccccc3)c2=O)cc1[N+](=O)[O-]. The fraction of sp³-hybridized carbons (Fsp3) is 0.100. The average Bonchev–Trinajstić information content (AvgIpc) is 3.18. The van der Waals surface area contributed by atoms with E-state index in [9.17, 15) is 14.9 Å². The molecule has 4 aromatic rings. The highest BCUT2D eigenvalue weighted by Crippen LogP contribution is 2.20. The third-order valence-corrected chi connectivity index (χ3v) is 4.49. The normalized spacial score (nSPS) is 11.3. The molecule has 0 spiro atoms. The second-order valence-corrected chi connectivity index (χ2v) is 6.27. The number of nitro benzene ring substituents is 1. The Morgan fingerprint density at radius 1 is 1.21 bits per heavy atom. The first-order chi connectivity index (χ1) is 14.1. The zero-order chi connectivity index (χ0) is 20.4. The Hall–Kier alpha value is -4.14. The third kappa shape index (κ3) is 3.41. The van der Waals surface area contributed by atoms with Gasteiger partial charge in [-0.2, -0.15) is 14.9 Å². The summed E-state index contributed by atoms with van der Waals surface area (Å²) in [6.07, 6.45) is 4.70. The molecule has 2 aromatic carbocycles. The van der Waals surface area contributed by atoms with Crippen LogP contribution < -0.4 is 5.56 Å². The van der Waals surface area contributed by atoms with Crippen molar-refractivity contribution < 1.29 is 4.92 Å². The van der Waals surface area contributed by atoms with Crippen LogP contribution in [0.15, 0.2) is 71.0 Å².